The molecule has 20 heavy (non-hydrogen) atoms. The van der Waals surface area contributed by atoms with Gasteiger partial charge in [-0.1, -0.05) is 17.7 Å². The molecule has 0 spiro atoms. The van der Waals surface area contributed by atoms with Gasteiger partial charge >= 0.3 is 0 Å². The van der Waals surface area contributed by atoms with Crippen LogP contribution >= 0.6 is 0 Å². The van der Waals surface area contributed by atoms with Gasteiger partial charge in [-0.25, -0.2) is 0 Å². The van der Waals surface area contributed by atoms with E-state index in [0.29, 0.717) is 11.8 Å². The molecule has 0 bridgehead atoms. The largest absolute Gasteiger partial charge is 0.496 e. The van der Waals surface area contributed by atoms with Crippen LogP contribution in [0.3, 0.4) is 0 Å². The van der Waals surface area contributed by atoms with Gasteiger partial charge in [-0.3, -0.25) is 9.59 Å². The number of amides is 2. The molecule has 1 aliphatic rings. The topological polar surface area (TPSA) is 67.4 Å². The predicted octanol–water partition coefficient (Wildman–Crippen LogP) is 0.941. The Balaban J connectivity index is 1.84. The second-order valence-electron chi connectivity index (χ2n) is 5.11. The number of aryl methyl sites for hydroxylation is 1. The molecule has 0 heterocycles. The van der Waals surface area contributed by atoms with Gasteiger partial charge in [0.15, 0.2) is 0 Å². The minimum atomic E-state index is -0.181. The molecule has 1 fully saturated rings. The molecule has 1 saturated carbocycles. The maximum atomic E-state index is 11.9. The number of carbonyl (C=O) groups excluding carboxylic acids is 2. The van der Waals surface area contributed by atoms with Gasteiger partial charge in [0, 0.05) is 11.6 Å². The van der Waals surface area contributed by atoms with Crippen LogP contribution in [0.4, 0.5) is 0 Å². The van der Waals surface area contributed by atoms with Crippen LogP contribution in [-0.2, 0) is 16.0 Å². The second kappa shape index (κ2) is 6.41. The highest BCUT2D eigenvalue weighted by Crippen LogP contribution is 2.20. The summed E-state index contributed by atoms with van der Waals surface area (Å²) in [7, 11) is 1.58. The molecule has 1 aromatic carbocycles. The third-order valence-corrected chi connectivity index (χ3v) is 3.18. The Labute approximate surface area is 118 Å². The predicted molar refractivity (Wildman–Crippen MR) is 75.6 cm³/mol. The van der Waals surface area contributed by atoms with E-state index in [0.717, 1.165) is 24.0 Å². The lowest BCUT2D eigenvalue weighted by Gasteiger charge is -2.10. The van der Waals surface area contributed by atoms with Crippen LogP contribution in [0, 0.1) is 6.92 Å². The van der Waals surface area contributed by atoms with E-state index in [9.17, 15) is 9.59 Å². The highest BCUT2D eigenvalue weighted by molar-refractivity contribution is 5.86. The van der Waals surface area contributed by atoms with E-state index in [4.69, 9.17) is 4.74 Å². The molecule has 2 N–H and O–H groups in total. The van der Waals surface area contributed by atoms with Crippen molar-refractivity contribution in [3.8, 4) is 5.75 Å². The lowest BCUT2D eigenvalue weighted by atomic mass is 10.1. The van der Waals surface area contributed by atoms with Gasteiger partial charge in [0.1, 0.15) is 5.75 Å². The van der Waals surface area contributed by atoms with Crippen molar-refractivity contribution in [1.29, 1.82) is 0 Å². The van der Waals surface area contributed by atoms with Crippen LogP contribution in [0.25, 0.3) is 0 Å². The number of hydrogen-bond donors (Lipinski definition) is 2. The quantitative estimate of drug-likeness (QED) is 0.812. The average molecular weight is 276 g/mol. The van der Waals surface area contributed by atoms with Gasteiger partial charge in [0.05, 0.1) is 20.1 Å². The lowest BCUT2D eigenvalue weighted by molar-refractivity contribution is -0.125. The molecule has 0 unspecified atom stereocenters. The van der Waals surface area contributed by atoms with Gasteiger partial charge < -0.3 is 15.4 Å². The normalized spacial score (nSPS) is 13.7. The highest BCUT2D eigenvalue weighted by Gasteiger charge is 2.23. The molecule has 2 rings (SSSR count). The molecule has 0 aliphatic heterocycles. The number of methoxy groups -OCH3 is 1. The number of ether oxygens (including phenoxy) is 1. The Bertz CT molecular complexity index is 510. The zero-order valence-electron chi connectivity index (χ0n) is 11.9. The summed E-state index contributed by atoms with van der Waals surface area (Å²) in [5.41, 5.74) is 1.90. The molecule has 0 saturated heterocycles. The molecule has 108 valence electrons. The van der Waals surface area contributed by atoms with Gasteiger partial charge in [-0.05, 0) is 25.8 Å². The Morgan fingerprint density at radius 2 is 2.05 bits per heavy atom. The Morgan fingerprint density at radius 3 is 2.70 bits per heavy atom. The fourth-order valence-electron chi connectivity index (χ4n) is 1.97. The number of carbonyl (C=O) groups is 2. The van der Waals surface area contributed by atoms with Gasteiger partial charge in [0.2, 0.25) is 11.8 Å². The molecular formula is C15H20N2O3. The van der Waals surface area contributed by atoms with E-state index < -0.39 is 0 Å². The van der Waals surface area contributed by atoms with Crippen LogP contribution in [-0.4, -0.2) is 31.5 Å². The van der Waals surface area contributed by atoms with Crippen molar-refractivity contribution in [3.05, 3.63) is 29.3 Å². The standard InChI is InChI=1S/C15H20N2O3/c1-10-3-6-13(20-2)11(7-10)8-14(18)16-9-15(19)17-12-4-5-12/h3,6-7,12H,4-5,8-9H2,1-2H3,(H,16,18)(H,17,19). The number of rotatable bonds is 6. The van der Waals surface area contributed by atoms with E-state index in [1.165, 1.54) is 0 Å². The first-order valence-corrected chi connectivity index (χ1v) is 6.78. The minimum Gasteiger partial charge on any atom is -0.496 e. The van der Waals surface area contributed by atoms with Crippen LogP contribution in [0.5, 0.6) is 5.75 Å². The minimum absolute atomic E-state index is 0.0312. The van der Waals surface area contributed by atoms with Crippen molar-refractivity contribution < 1.29 is 14.3 Å². The summed E-state index contributed by atoms with van der Waals surface area (Å²) < 4.78 is 5.23. The molecule has 1 aromatic rings. The monoisotopic (exact) mass is 276 g/mol. The summed E-state index contributed by atoms with van der Waals surface area (Å²) in [6.45, 7) is 1.99. The summed E-state index contributed by atoms with van der Waals surface area (Å²) in [6.07, 6.45) is 2.29. The molecular weight excluding hydrogens is 256 g/mol. The fourth-order valence-corrected chi connectivity index (χ4v) is 1.97. The molecule has 5 nitrogen and oxygen atoms in total. The first kappa shape index (κ1) is 14.4. The summed E-state index contributed by atoms with van der Waals surface area (Å²) in [6, 6.07) is 6.01. The zero-order chi connectivity index (χ0) is 14.5. The van der Waals surface area contributed by atoms with Gasteiger partial charge in [0.25, 0.3) is 0 Å². The molecule has 5 heteroatoms. The lowest BCUT2D eigenvalue weighted by Crippen LogP contribution is -2.38. The molecule has 1 aliphatic carbocycles. The number of nitrogens with one attached hydrogen (secondary N) is 2. The maximum absolute atomic E-state index is 11.9. The van der Waals surface area contributed by atoms with Crippen molar-refractivity contribution in [1.82, 2.24) is 10.6 Å². The van der Waals surface area contributed by atoms with Crippen LogP contribution in [0.2, 0.25) is 0 Å². The molecule has 0 radical (unpaired) electrons. The van der Waals surface area contributed by atoms with Crippen molar-refractivity contribution in [3.63, 3.8) is 0 Å². The van der Waals surface area contributed by atoms with Crippen LogP contribution in [0.15, 0.2) is 18.2 Å². The Hall–Kier alpha value is -2.04. The van der Waals surface area contributed by atoms with Crippen molar-refractivity contribution >= 4 is 11.8 Å². The number of hydrogen-bond acceptors (Lipinski definition) is 3. The van der Waals surface area contributed by atoms with Gasteiger partial charge in [-0.15, -0.1) is 0 Å². The second-order valence-corrected chi connectivity index (χ2v) is 5.11. The van der Waals surface area contributed by atoms with Crippen LogP contribution in [0.1, 0.15) is 24.0 Å². The third kappa shape index (κ3) is 4.26. The summed E-state index contributed by atoms with van der Waals surface area (Å²) >= 11 is 0. The molecule has 2 amide bonds. The van der Waals surface area contributed by atoms with Crippen molar-refractivity contribution in [2.75, 3.05) is 13.7 Å². The zero-order valence-corrected chi connectivity index (χ0v) is 11.9. The summed E-state index contributed by atoms with van der Waals surface area (Å²) in [5.74, 6) is 0.380. The van der Waals surface area contributed by atoms with E-state index in [1.54, 1.807) is 7.11 Å². The number of benzene rings is 1. The van der Waals surface area contributed by atoms with Crippen molar-refractivity contribution in [2.24, 2.45) is 0 Å². The Morgan fingerprint density at radius 1 is 1.30 bits per heavy atom. The highest BCUT2D eigenvalue weighted by atomic mass is 16.5. The fraction of sp³-hybridized carbons (Fsp3) is 0.467. The summed E-state index contributed by atoms with van der Waals surface area (Å²) in [4.78, 5) is 23.3. The average Bonchev–Trinajstić information content (AvgIpc) is 3.21. The van der Waals surface area contributed by atoms with E-state index >= 15 is 0 Å². The third-order valence-electron chi connectivity index (χ3n) is 3.18. The Kier molecular flexibility index (Phi) is 4.61. The first-order valence-electron chi connectivity index (χ1n) is 6.78. The van der Waals surface area contributed by atoms with Crippen molar-refractivity contribution in [2.45, 2.75) is 32.2 Å². The van der Waals surface area contributed by atoms with Crippen LogP contribution < -0.4 is 15.4 Å². The van der Waals surface area contributed by atoms with E-state index in [1.807, 2.05) is 25.1 Å². The van der Waals surface area contributed by atoms with E-state index in [2.05, 4.69) is 10.6 Å². The maximum Gasteiger partial charge on any atom is 0.239 e. The first-order chi connectivity index (χ1) is 9.58. The molecule has 0 atom stereocenters. The summed E-state index contributed by atoms with van der Waals surface area (Å²) in [5, 5.41) is 5.45. The SMILES string of the molecule is COc1ccc(C)cc1CC(=O)NCC(=O)NC1CC1. The smallest absolute Gasteiger partial charge is 0.239 e. The molecule has 0 aromatic heterocycles. The van der Waals surface area contributed by atoms with Gasteiger partial charge in [-0.2, -0.15) is 0 Å². The van der Waals surface area contributed by atoms with E-state index in [-0.39, 0.29) is 24.8 Å².